The number of ether oxygens (including phenoxy) is 1. The fourth-order valence-electron chi connectivity index (χ4n) is 3.71. The van der Waals surface area contributed by atoms with Crippen molar-refractivity contribution in [1.29, 1.82) is 0 Å². The van der Waals surface area contributed by atoms with Crippen LogP contribution in [0.1, 0.15) is 43.1 Å². The number of carbonyl (C=O) groups is 2. The molecule has 180 valence electrons. The van der Waals surface area contributed by atoms with Gasteiger partial charge in [0.05, 0.1) is 13.7 Å². The fraction of sp³-hybridized carbons (Fsp3) is 0.200. The molecule has 0 fully saturated rings. The molecular formula is C30H32N2O3. The second-order valence-electron chi connectivity index (χ2n) is 7.89. The van der Waals surface area contributed by atoms with Gasteiger partial charge in [0.15, 0.2) is 5.78 Å². The molecule has 0 saturated heterocycles. The number of allylic oxidation sites excluding steroid dienone is 3. The van der Waals surface area contributed by atoms with Crippen LogP contribution >= 0.6 is 0 Å². The van der Waals surface area contributed by atoms with Crippen LogP contribution in [0.3, 0.4) is 0 Å². The summed E-state index contributed by atoms with van der Waals surface area (Å²) >= 11 is 0. The number of hydrogen-bond acceptors (Lipinski definition) is 4. The summed E-state index contributed by atoms with van der Waals surface area (Å²) in [4.78, 5) is 26.8. The van der Waals surface area contributed by atoms with E-state index in [0.717, 1.165) is 34.0 Å². The smallest absolute Gasteiger partial charge is 0.254 e. The Morgan fingerprint density at radius 3 is 2.14 bits per heavy atom. The molecule has 0 atom stereocenters. The van der Waals surface area contributed by atoms with Crippen molar-refractivity contribution in [3.8, 4) is 5.75 Å². The molecule has 4 rings (SSSR count). The van der Waals surface area contributed by atoms with E-state index in [1.807, 2.05) is 92.7 Å². The Hall–Kier alpha value is -4.12. The Bertz CT molecular complexity index is 1190. The molecule has 0 aliphatic heterocycles. The van der Waals surface area contributed by atoms with Gasteiger partial charge in [0.1, 0.15) is 5.75 Å². The summed E-state index contributed by atoms with van der Waals surface area (Å²) in [5.41, 5.74) is 5.07. The molecule has 35 heavy (non-hydrogen) atoms. The predicted molar refractivity (Wildman–Crippen MR) is 143 cm³/mol. The van der Waals surface area contributed by atoms with Crippen LogP contribution in [0.15, 0.2) is 102 Å². The van der Waals surface area contributed by atoms with Crippen LogP contribution in [0.5, 0.6) is 5.75 Å². The molecule has 0 saturated carbocycles. The van der Waals surface area contributed by atoms with E-state index in [4.69, 9.17) is 4.74 Å². The normalized spacial score (nSPS) is 12.0. The van der Waals surface area contributed by atoms with Gasteiger partial charge in [-0.2, -0.15) is 0 Å². The zero-order valence-corrected chi connectivity index (χ0v) is 20.7. The second kappa shape index (κ2) is 12.4. The van der Waals surface area contributed by atoms with Crippen LogP contribution in [0.2, 0.25) is 0 Å². The molecule has 1 amide bonds. The molecule has 0 aromatic heterocycles. The number of nitrogens with zero attached hydrogens (tertiary/aromatic N) is 1. The minimum absolute atomic E-state index is 0.0306. The van der Waals surface area contributed by atoms with Crippen molar-refractivity contribution in [2.75, 3.05) is 17.3 Å². The maximum Gasteiger partial charge on any atom is 0.254 e. The van der Waals surface area contributed by atoms with E-state index < -0.39 is 0 Å². The van der Waals surface area contributed by atoms with Crippen molar-refractivity contribution in [3.05, 3.63) is 113 Å². The molecular weight excluding hydrogens is 436 g/mol. The SMILES string of the molecule is CC.COc1ccc(CN(C(=O)C2=CC=C(Nc3ccc(C(C)=O)cc3)C2)c2ccccc2)cc1. The summed E-state index contributed by atoms with van der Waals surface area (Å²) in [6, 6.07) is 24.8. The largest absolute Gasteiger partial charge is 0.497 e. The highest BCUT2D eigenvalue weighted by atomic mass is 16.5. The average Bonchev–Trinajstić information content (AvgIpc) is 3.37. The monoisotopic (exact) mass is 468 g/mol. The fourth-order valence-corrected chi connectivity index (χ4v) is 3.71. The van der Waals surface area contributed by atoms with E-state index in [9.17, 15) is 9.59 Å². The lowest BCUT2D eigenvalue weighted by atomic mass is 10.1. The Balaban J connectivity index is 0.00000167. The second-order valence-corrected chi connectivity index (χ2v) is 7.89. The Kier molecular flexibility index (Phi) is 9.02. The van der Waals surface area contributed by atoms with Crippen LogP contribution in [0.4, 0.5) is 11.4 Å². The molecule has 0 bridgehead atoms. The molecule has 1 aliphatic carbocycles. The maximum absolute atomic E-state index is 13.5. The molecule has 0 heterocycles. The first kappa shape index (κ1) is 25.5. The van der Waals surface area contributed by atoms with Crippen LogP contribution in [-0.4, -0.2) is 18.8 Å². The van der Waals surface area contributed by atoms with Gasteiger partial charge >= 0.3 is 0 Å². The molecule has 5 heteroatoms. The molecule has 1 N–H and O–H groups in total. The quantitative estimate of drug-likeness (QED) is 0.370. The Morgan fingerprint density at radius 1 is 0.886 bits per heavy atom. The number of methoxy groups -OCH3 is 1. The summed E-state index contributed by atoms with van der Waals surface area (Å²) < 4.78 is 5.25. The van der Waals surface area contributed by atoms with E-state index in [0.29, 0.717) is 18.5 Å². The lowest BCUT2D eigenvalue weighted by Crippen LogP contribution is -2.31. The first-order valence-electron chi connectivity index (χ1n) is 11.8. The first-order valence-corrected chi connectivity index (χ1v) is 11.8. The van der Waals surface area contributed by atoms with Crippen LogP contribution in [0.25, 0.3) is 0 Å². The maximum atomic E-state index is 13.5. The standard InChI is InChI=1S/C28H26N2O3.C2H6/c1-20(31)22-10-13-24(14-11-22)29-25-15-12-23(18-25)28(32)30(26-6-4-3-5-7-26)19-21-8-16-27(33-2)17-9-21;1-2/h3-17,29H,18-19H2,1-2H3;1-2H3. The van der Waals surface area contributed by atoms with Gasteiger partial charge in [-0.1, -0.05) is 50.3 Å². The van der Waals surface area contributed by atoms with E-state index >= 15 is 0 Å². The molecule has 0 unspecified atom stereocenters. The number of amides is 1. The lowest BCUT2D eigenvalue weighted by molar-refractivity contribution is -0.115. The van der Waals surface area contributed by atoms with Gasteiger partial charge in [0.25, 0.3) is 5.91 Å². The minimum atomic E-state index is -0.0306. The Morgan fingerprint density at radius 2 is 1.54 bits per heavy atom. The number of hydrogen-bond donors (Lipinski definition) is 1. The summed E-state index contributed by atoms with van der Waals surface area (Å²) in [7, 11) is 1.64. The highest BCUT2D eigenvalue weighted by molar-refractivity contribution is 6.06. The van der Waals surface area contributed by atoms with Crippen molar-refractivity contribution >= 4 is 23.1 Å². The van der Waals surface area contributed by atoms with Gasteiger partial charge in [-0.3, -0.25) is 9.59 Å². The summed E-state index contributed by atoms with van der Waals surface area (Å²) in [6.07, 6.45) is 4.32. The third kappa shape index (κ3) is 6.70. The molecule has 0 radical (unpaired) electrons. The molecule has 0 spiro atoms. The number of benzene rings is 3. The minimum Gasteiger partial charge on any atom is -0.497 e. The van der Waals surface area contributed by atoms with Crippen molar-refractivity contribution in [3.63, 3.8) is 0 Å². The van der Waals surface area contributed by atoms with Crippen LogP contribution < -0.4 is 15.0 Å². The molecule has 3 aromatic carbocycles. The van der Waals surface area contributed by atoms with Crippen molar-refractivity contribution in [2.24, 2.45) is 0 Å². The third-order valence-corrected chi connectivity index (χ3v) is 5.55. The summed E-state index contributed by atoms with van der Waals surface area (Å²) in [5.74, 6) is 0.789. The zero-order chi connectivity index (χ0) is 25.2. The number of carbonyl (C=O) groups excluding carboxylic acids is 2. The summed E-state index contributed by atoms with van der Waals surface area (Å²) in [5, 5.41) is 3.35. The van der Waals surface area contributed by atoms with Gasteiger partial charge in [0, 0.05) is 34.6 Å². The number of rotatable bonds is 8. The van der Waals surface area contributed by atoms with Crippen LogP contribution in [0, 0.1) is 0 Å². The topological polar surface area (TPSA) is 58.6 Å². The zero-order valence-electron chi connectivity index (χ0n) is 20.7. The molecule has 1 aliphatic rings. The number of ketones is 1. The number of nitrogens with one attached hydrogen (secondary N) is 1. The van der Waals surface area contributed by atoms with Gasteiger partial charge in [-0.25, -0.2) is 0 Å². The number of anilines is 2. The third-order valence-electron chi connectivity index (χ3n) is 5.55. The van der Waals surface area contributed by atoms with E-state index in [1.165, 1.54) is 0 Å². The molecule has 5 nitrogen and oxygen atoms in total. The van der Waals surface area contributed by atoms with Gasteiger partial charge in [-0.05, 0) is 67.1 Å². The van der Waals surface area contributed by atoms with E-state index in [1.54, 1.807) is 31.1 Å². The van der Waals surface area contributed by atoms with Crippen molar-refractivity contribution < 1.29 is 14.3 Å². The van der Waals surface area contributed by atoms with Crippen molar-refractivity contribution in [2.45, 2.75) is 33.7 Å². The lowest BCUT2D eigenvalue weighted by Gasteiger charge is -2.24. The van der Waals surface area contributed by atoms with Gasteiger partial charge < -0.3 is 15.0 Å². The number of para-hydroxylation sites is 1. The number of Topliss-reactive ketones (excluding diaryl/α,β-unsaturated/α-hetero) is 1. The van der Waals surface area contributed by atoms with E-state index in [-0.39, 0.29) is 11.7 Å². The highest BCUT2D eigenvalue weighted by Crippen LogP contribution is 2.27. The van der Waals surface area contributed by atoms with Gasteiger partial charge in [-0.15, -0.1) is 0 Å². The van der Waals surface area contributed by atoms with Gasteiger partial charge in [0.2, 0.25) is 0 Å². The average molecular weight is 469 g/mol. The highest BCUT2D eigenvalue weighted by Gasteiger charge is 2.23. The first-order chi connectivity index (χ1) is 17.0. The summed E-state index contributed by atoms with van der Waals surface area (Å²) in [6.45, 7) is 6.01. The van der Waals surface area contributed by atoms with Crippen molar-refractivity contribution in [1.82, 2.24) is 0 Å². The predicted octanol–water partition coefficient (Wildman–Crippen LogP) is 6.78. The van der Waals surface area contributed by atoms with Crippen LogP contribution in [-0.2, 0) is 11.3 Å². The molecule has 3 aromatic rings. The van der Waals surface area contributed by atoms with E-state index in [2.05, 4.69) is 5.32 Å². The Labute approximate surface area is 207 Å².